The molecule has 4 nitrogen and oxygen atoms in total. The predicted octanol–water partition coefficient (Wildman–Crippen LogP) is 4.51. The quantitative estimate of drug-likeness (QED) is 0.532. The number of aryl methyl sites for hydroxylation is 1. The fourth-order valence-electron chi connectivity index (χ4n) is 2.66. The maximum Gasteiger partial charge on any atom is 0.110 e. The minimum absolute atomic E-state index is 0.264. The SMILES string of the molecule is C/C=C(O)\C=C/CCc1sc(NC2CCCC2)c(C#N)c1N. The van der Waals surface area contributed by atoms with Crippen LogP contribution in [0.5, 0.6) is 0 Å². The second-order valence-electron chi connectivity index (χ2n) is 5.54. The number of nitrogen functional groups attached to an aromatic ring is 1. The van der Waals surface area contributed by atoms with Gasteiger partial charge in [0.05, 0.1) is 5.69 Å². The van der Waals surface area contributed by atoms with Gasteiger partial charge in [-0.05, 0) is 44.8 Å². The number of nitrogens with zero attached hydrogens (tertiary/aromatic N) is 1. The van der Waals surface area contributed by atoms with Crippen LogP contribution in [0, 0.1) is 11.3 Å². The first-order valence-corrected chi connectivity index (χ1v) is 8.57. The van der Waals surface area contributed by atoms with Crippen LogP contribution in [-0.4, -0.2) is 11.1 Å². The van der Waals surface area contributed by atoms with Crippen LogP contribution in [0.3, 0.4) is 0 Å². The van der Waals surface area contributed by atoms with Crippen LogP contribution in [0.25, 0.3) is 0 Å². The zero-order valence-corrected chi connectivity index (χ0v) is 13.7. The predicted molar refractivity (Wildman–Crippen MR) is 93.2 cm³/mol. The Hall–Kier alpha value is -1.93. The second kappa shape index (κ2) is 7.90. The van der Waals surface area contributed by atoms with E-state index in [1.54, 1.807) is 30.4 Å². The number of nitrogens with one attached hydrogen (secondary N) is 1. The minimum atomic E-state index is 0.264. The van der Waals surface area contributed by atoms with E-state index < -0.39 is 0 Å². The monoisotopic (exact) mass is 317 g/mol. The van der Waals surface area contributed by atoms with Crippen molar-refractivity contribution < 1.29 is 5.11 Å². The molecule has 0 saturated heterocycles. The van der Waals surface area contributed by atoms with Gasteiger partial charge >= 0.3 is 0 Å². The maximum absolute atomic E-state index is 9.35. The van der Waals surface area contributed by atoms with E-state index in [0.717, 1.165) is 22.7 Å². The molecular weight excluding hydrogens is 294 g/mol. The van der Waals surface area contributed by atoms with Crippen LogP contribution in [0.15, 0.2) is 24.0 Å². The van der Waals surface area contributed by atoms with Gasteiger partial charge in [-0.2, -0.15) is 5.26 Å². The van der Waals surface area contributed by atoms with Crippen LogP contribution >= 0.6 is 11.3 Å². The number of aliphatic hydroxyl groups excluding tert-OH is 1. The van der Waals surface area contributed by atoms with Crippen LogP contribution in [-0.2, 0) is 6.42 Å². The summed E-state index contributed by atoms with van der Waals surface area (Å²) in [5, 5.41) is 23.1. The highest BCUT2D eigenvalue weighted by molar-refractivity contribution is 7.17. The lowest BCUT2D eigenvalue weighted by atomic mass is 10.1. The van der Waals surface area contributed by atoms with Gasteiger partial charge in [-0.1, -0.05) is 18.9 Å². The molecule has 0 atom stereocenters. The molecule has 1 aromatic heterocycles. The van der Waals surface area contributed by atoms with Crippen LogP contribution < -0.4 is 11.1 Å². The van der Waals surface area contributed by atoms with Crippen molar-refractivity contribution in [3.63, 3.8) is 0 Å². The van der Waals surface area contributed by atoms with Crippen molar-refractivity contribution in [2.24, 2.45) is 0 Å². The molecule has 2 rings (SSSR count). The van der Waals surface area contributed by atoms with Gasteiger partial charge in [0, 0.05) is 10.9 Å². The normalized spacial score (nSPS) is 16.3. The van der Waals surface area contributed by atoms with E-state index in [0.29, 0.717) is 17.3 Å². The van der Waals surface area contributed by atoms with Crippen molar-refractivity contribution >= 4 is 22.0 Å². The summed E-state index contributed by atoms with van der Waals surface area (Å²) in [7, 11) is 0. The van der Waals surface area contributed by atoms with Crippen LogP contribution in [0.2, 0.25) is 0 Å². The Labute approximate surface area is 136 Å². The molecule has 0 bridgehead atoms. The molecule has 0 unspecified atom stereocenters. The number of hydrogen-bond acceptors (Lipinski definition) is 5. The number of allylic oxidation sites excluding steroid dienone is 3. The molecule has 1 aliphatic carbocycles. The zero-order valence-electron chi connectivity index (χ0n) is 12.9. The molecule has 0 aromatic carbocycles. The van der Waals surface area contributed by atoms with Gasteiger partial charge in [0.25, 0.3) is 0 Å². The molecule has 4 N–H and O–H groups in total. The van der Waals surface area contributed by atoms with E-state index in [2.05, 4.69) is 11.4 Å². The Morgan fingerprint density at radius 2 is 2.23 bits per heavy atom. The summed E-state index contributed by atoms with van der Waals surface area (Å²) in [5.74, 6) is 0.264. The number of thiophene rings is 1. The molecule has 22 heavy (non-hydrogen) atoms. The Balaban J connectivity index is 2.04. The first-order chi connectivity index (χ1) is 10.7. The molecule has 1 heterocycles. The van der Waals surface area contributed by atoms with Gasteiger partial charge in [0.2, 0.25) is 0 Å². The van der Waals surface area contributed by atoms with E-state index in [9.17, 15) is 10.4 Å². The first kappa shape index (κ1) is 16.4. The van der Waals surface area contributed by atoms with Crippen LogP contribution in [0.1, 0.15) is 49.5 Å². The Morgan fingerprint density at radius 3 is 2.86 bits per heavy atom. The molecule has 1 fully saturated rings. The molecule has 0 spiro atoms. The number of aliphatic hydroxyl groups is 1. The van der Waals surface area contributed by atoms with Crippen LogP contribution in [0.4, 0.5) is 10.7 Å². The number of rotatable bonds is 6. The molecule has 0 radical (unpaired) electrons. The molecule has 0 amide bonds. The lowest BCUT2D eigenvalue weighted by molar-refractivity contribution is 0.431. The third kappa shape index (κ3) is 4.05. The standard InChI is InChI=1S/C17H23N3OS/c1-2-13(21)9-5-6-10-15-16(19)14(11-18)17(22-15)20-12-7-3-4-8-12/h2,5,9,12,20-21H,3-4,6-8,10,19H2,1H3/b9-5-,13-2+. The molecular formula is C17H23N3OS. The van der Waals surface area contributed by atoms with Crippen molar-refractivity contribution in [1.29, 1.82) is 5.26 Å². The van der Waals surface area contributed by atoms with Crippen molar-refractivity contribution in [2.45, 2.75) is 51.5 Å². The molecule has 0 aliphatic heterocycles. The summed E-state index contributed by atoms with van der Waals surface area (Å²) in [4.78, 5) is 1.04. The minimum Gasteiger partial charge on any atom is -0.508 e. The highest BCUT2D eigenvalue weighted by Crippen LogP contribution is 2.37. The second-order valence-corrected chi connectivity index (χ2v) is 6.64. The van der Waals surface area contributed by atoms with E-state index >= 15 is 0 Å². The van der Waals surface area contributed by atoms with Crippen molar-refractivity contribution in [2.75, 3.05) is 11.1 Å². The Bertz CT molecular complexity index is 604. The fraction of sp³-hybridized carbons (Fsp3) is 0.471. The van der Waals surface area contributed by atoms with Crippen molar-refractivity contribution in [3.8, 4) is 6.07 Å². The molecule has 1 saturated carbocycles. The summed E-state index contributed by atoms with van der Waals surface area (Å²) in [5.41, 5.74) is 7.32. The van der Waals surface area contributed by atoms with Crippen molar-refractivity contribution in [3.05, 3.63) is 34.4 Å². The smallest absolute Gasteiger partial charge is 0.110 e. The van der Waals surface area contributed by atoms with Gasteiger partial charge in [-0.15, -0.1) is 11.3 Å². The van der Waals surface area contributed by atoms with Gasteiger partial charge in [0.15, 0.2) is 0 Å². The Morgan fingerprint density at radius 1 is 1.50 bits per heavy atom. The van der Waals surface area contributed by atoms with Gasteiger partial charge in [-0.25, -0.2) is 0 Å². The molecule has 118 valence electrons. The molecule has 5 heteroatoms. The summed E-state index contributed by atoms with van der Waals surface area (Å²) in [6.07, 6.45) is 11.7. The highest BCUT2D eigenvalue weighted by atomic mass is 32.1. The summed E-state index contributed by atoms with van der Waals surface area (Å²) < 4.78 is 0. The van der Waals surface area contributed by atoms with Gasteiger partial charge in [-0.3, -0.25) is 0 Å². The maximum atomic E-state index is 9.35. The summed E-state index contributed by atoms with van der Waals surface area (Å²) in [6, 6.07) is 2.71. The van der Waals surface area contributed by atoms with E-state index in [1.807, 2.05) is 6.08 Å². The summed E-state index contributed by atoms with van der Waals surface area (Å²) >= 11 is 1.59. The topological polar surface area (TPSA) is 82.1 Å². The van der Waals surface area contributed by atoms with E-state index in [-0.39, 0.29) is 5.76 Å². The van der Waals surface area contributed by atoms with E-state index in [4.69, 9.17) is 5.73 Å². The number of anilines is 2. The molecule has 1 aromatic rings. The fourth-order valence-corrected chi connectivity index (χ4v) is 3.82. The zero-order chi connectivity index (χ0) is 15.9. The lowest BCUT2D eigenvalue weighted by Crippen LogP contribution is -2.14. The number of nitrogens with two attached hydrogens (primary N) is 1. The number of hydrogen-bond donors (Lipinski definition) is 3. The summed E-state index contributed by atoms with van der Waals surface area (Å²) in [6.45, 7) is 1.79. The third-order valence-electron chi connectivity index (χ3n) is 3.95. The highest BCUT2D eigenvalue weighted by Gasteiger charge is 2.20. The third-order valence-corrected chi connectivity index (χ3v) is 5.14. The average Bonchev–Trinajstić information content (AvgIpc) is 3.12. The molecule has 1 aliphatic rings. The van der Waals surface area contributed by atoms with Gasteiger partial charge in [0.1, 0.15) is 22.4 Å². The van der Waals surface area contributed by atoms with E-state index in [1.165, 1.54) is 25.7 Å². The average molecular weight is 317 g/mol. The largest absolute Gasteiger partial charge is 0.508 e. The van der Waals surface area contributed by atoms with Crippen molar-refractivity contribution in [1.82, 2.24) is 0 Å². The Kier molecular flexibility index (Phi) is 5.91. The first-order valence-electron chi connectivity index (χ1n) is 7.75. The van der Waals surface area contributed by atoms with Gasteiger partial charge < -0.3 is 16.2 Å². The lowest BCUT2D eigenvalue weighted by Gasteiger charge is -2.11. The number of nitriles is 1.